The molecule has 2 atom stereocenters. The van der Waals surface area contributed by atoms with Gasteiger partial charge in [-0.15, -0.1) is 0 Å². The van der Waals surface area contributed by atoms with Crippen LogP contribution >= 0.6 is 0 Å². The van der Waals surface area contributed by atoms with Gasteiger partial charge in [-0.1, -0.05) is 6.07 Å². The Kier molecular flexibility index (Phi) is 5.88. The van der Waals surface area contributed by atoms with Crippen molar-refractivity contribution in [1.82, 2.24) is 10.2 Å². The van der Waals surface area contributed by atoms with Gasteiger partial charge in [0.1, 0.15) is 0 Å². The van der Waals surface area contributed by atoms with Crippen LogP contribution in [0.5, 0.6) is 11.5 Å². The predicted molar refractivity (Wildman–Crippen MR) is 86.4 cm³/mol. The predicted octanol–water partition coefficient (Wildman–Crippen LogP) is 2.32. The highest BCUT2D eigenvalue weighted by Gasteiger charge is 2.19. The van der Waals surface area contributed by atoms with Gasteiger partial charge in [0.2, 0.25) is 0 Å². The van der Waals surface area contributed by atoms with E-state index in [-0.39, 0.29) is 0 Å². The lowest BCUT2D eigenvalue weighted by Gasteiger charge is -2.27. The molecule has 1 fully saturated rings. The smallest absolute Gasteiger partial charge is 0.160 e. The molecule has 1 saturated heterocycles. The van der Waals surface area contributed by atoms with Crippen LogP contribution in [0, 0.1) is 0 Å². The Balaban J connectivity index is 1.93. The van der Waals surface area contributed by atoms with Crippen molar-refractivity contribution in [3.63, 3.8) is 0 Å². The second kappa shape index (κ2) is 7.66. The fraction of sp³-hybridized carbons (Fsp3) is 0.647. The number of nitrogens with zero attached hydrogens (tertiary/aromatic N) is 1. The van der Waals surface area contributed by atoms with Crippen molar-refractivity contribution in [1.29, 1.82) is 0 Å². The lowest BCUT2D eigenvalue weighted by Crippen LogP contribution is -2.40. The average Bonchev–Trinajstić information content (AvgIpc) is 2.99. The summed E-state index contributed by atoms with van der Waals surface area (Å²) in [6.45, 7) is 4.57. The zero-order valence-corrected chi connectivity index (χ0v) is 13.7. The highest BCUT2D eigenvalue weighted by atomic mass is 16.5. The molecular weight excluding hydrogens is 264 g/mol. The minimum absolute atomic E-state index is 0.505. The first-order chi connectivity index (χ1) is 10.1. The van der Waals surface area contributed by atoms with Crippen LogP contribution in [0.1, 0.15) is 25.3 Å². The summed E-state index contributed by atoms with van der Waals surface area (Å²) < 4.78 is 10.7. The number of methoxy groups -OCH3 is 2. The highest BCUT2D eigenvalue weighted by molar-refractivity contribution is 5.43. The summed E-state index contributed by atoms with van der Waals surface area (Å²) in [6, 6.07) is 7.35. The van der Waals surface area contributed by atoms with E-state index in [0.717, 1.165) is 24.5 Å². The van der Waals surface area contributed by atoms with Gasteiger partial charge in [-0.2, -0.15) is 0 Å². The molecule has 1 aromatic carbocycles. The first kappa shape index (κ1) is 16.1. The molecular formula is C17H28N2O2. The van der Waals surface area contributed by atoms with Gasteiger partial charge in [0, 0.05) is 18.6 Å². The molecule has 0 bridgehead atoms. The summed E-state index contributed by atoms with van der Waals surface area (Å²) in [5, 5.41) is 3.56. The Morgan fingerprint density at radius 2 is 2.05 bits per heavy atom. The molecule has 118 valence electrons. The minimum Gasteiger partial charge on any atom is -0.493 e. The van der Waals surface area contributed by atoms with Gasteiger partial charge in [0.25, 0.3) is 0 Å². The topological polar surface area (TPSA) is 33.7 Å². The van der Waals surface area contributed by atoms with Crippen LogP contribution in [0.25, 0.3) is 0 Å². The van der Waals surface area contributed by atoms with Crippen molar-refractivity contribution < 1.29 is 9.47 Å². The van der Waals surface area contributed by atoms with Gasteiger partial charge in [0.15, 0.2) is 11.5 Å². The molecule has 0 radical (unpaired) electrons. The van der Waals surface area contributed by atoms with E-state index in [9.17, 15) is 0 Å². The number of ether oxygens (including phenoxy) is 2. The van der Waals surface area contributed by atoms with Crippen LogP contribution < -0.4 is 14.8 Å². The summed E-state index contributed by atoms with van der Waals surface area (Å²) in [5.41, 5.74) is 1.28. The second-order valence-electron chi connectivity index (χ2n) is 5.98. The number of likely N-dealkylation sites (N-methyl/N-ethyl adjacent to an activating group) is 1. The first-order valence-corrected chi connectivity index (χ1v) is 7.78. The van der Waals surface area contributed by atoms with E-state index in [1.165, 1.54) is 24.9 Å². The van der Waals surface area contributed by atoms with Crippen LogP contribution in [-0.4, -0.2) is 51.3 Å². The third kappa shape index (κ3) is 4.35. The van der Waals surface area contributed by atoms with E-state index in [0.29, 0.717) is 12.1 Å². The lowest BCUT2D eigenvalue weighted by molar-refractivity contribution is 0.234. The molecule has 4 nitrogen and oxygen atoms in total. The van der Waals surface area contributed by atoms with Crippen LogP contribution in [0.15, 0.2) is 18.2 Å². The fourth-order valence-corrected chi connectivity index (χ4v) is 2.94. The Labute approximate surface area is 128 Å². The number of nitrogens with one attached hydrogen (secondary N) is 1. The quantitative estimate of drug-likeness (QED) is 0.836. The fourth-order valence-electron chi connectivity index (χ4n) is 2.94. The third-order valence-corrected chi connectivity index (χ3v) is 4.40. The molecule has 1 heterocycles. The van der Waals surface area contributed by atoms with Gasteiger partial charge in [-0.05, 0) is 57.5 Å². The average molecular weight is 292 g/mol. The number of rotatable bonds is 7. The zero-order chi connectivity index (χ0) is 15.2. The summed E-state index contributed by atoms with van der Waals surface area (Å²) in [5.74, 6) is 1.60. The molecule has 1 N–H and O–H groups in total. The Bertz CT molecular complexity index is 444. The zero-order valence-electron chi connectivity index (χ0n) is 13.7. The molecule has 0 aliphatic carbocycles. The van der Waals surface area contributed by atoms with Crippen molar-refractivity contribution >= 4 is 0 Å². The number of hydrogen-bond donors (Lipinski definition) is 1. The van der Waals surface area contributed by atoms with E-state index < -0.39 is 0 Å². The van der Waals surface area contributed by atoms with Crippen molar-refractivity contribution in [3.8, 4) is 11.5 Å². The normalized spacial score (nSPS) is 19.8. The molecule has 1 aliphatic rings. The Hall–Kier alpha value is -1.26. The van der Waals surface area contributed by atoms with E-state index >= 15 is 0 Å². The Morgan fingerprint density at radius 1 is 1.29 bits per heavy atom. The van der Waals surface area contributed by atoms with E-state index in [1.807, 2.05) is 6.07 Å². The van der Waals surface area contributed by atoms with Gasteiger partial charge in [-0.25, -0.2) is 0 Å². The molecule has 0 amide bonds. The second-order valence-corrected chi connectivity index (χ2v) is 5.98. The van der Waals surface area contributed by atoms with E-state index in [2.05, 4.69) is 36.3 Å². The van der Waals surface area contributed by atoms with Gasteiger partial charge < -0.3 is 19.7 Å². The van der Waals surface area contributed by atoms with Crippen LogP contribution in [0.4, 0.5) is 0 Å². The summed E-state index contributed by atoms with van der Waals surface area (Å²) in [6.07, 6.45) is 3.62. The van der Waals surface area contributed by atoms with Crippen molar-refractivity contribution in [2.24, 2.45) is 0 Å². The lowest BCUT2D eigenvalue weighted by atomic mass is 10.0. The summed E-state index contributed by atoms with van der Waals surface area (Å²) >= 11 is 0. The largest absolute Gasteiger partial charge is 0.493 e. The maximum absolute atomic E-state index is 5.38. The number of benzene rings is 1. The molecule has 21 heavy (non-hydrogen) atoms. The van der Waals surface area contributed by atoms with Crippen molar-refractivity contribution in [3.05, 3.63) is 23.8 Å². The minimum atomic E-state index is 0.505. The molecule has 0 saturated carbocycles. The summed E-state index contributed by atoms with van der Waals surface area (Å²) in [4.78, 5) is 2.44. The maximum Gasteiger partial charge on any atom is 0.160 e. The van der Waals surface area contributed by atoms with Gasteiger partial charge in [-0.3, -0.25) is 0 Å². The van der Waals surface area contributed by atoms with Crippen LogP contribution in [0.3, 0.4) is 0 Å². The SMILES string of the molecule is COc1ccc(CC(C)N(C)CC2CCCN2)cc1OC. The molecule has 1 aromatic rings. The molecule has 2 unspecified atom stereocenters. The molecule has 4 heteroatoms. The molecule has 0 spiro atoms. The highest BCUT2D eigenvalue weighted by Crippen LogP contribution is 2.28. The molecule has 1 aliphatic heterocycles. The van der Waals surface area contributed by atoms with Gasteiger partial charge in [0.05, 0.1) is 14.2 Å². The van der Waals surface area contributed by atoms with Crippen molar-refractivity contribution in [2.45, 2.75) is 38.3 Å². The van der Waals surface area contributed by atoms with Crippen molar-refractivity contribution in [2.75, 3.05) is 34.4 Å². The third-order valence-electron chi connectivity index (χ3n) is 4.40. The van der Waals surface area contributed by atoms with Gasteiger partial charge >= 0.3 is 0 Å². The molecule has 0 aromatic heterocycles. The standard InChI is InChI=1S/C17H28N2O2/c1-13(19(2)12-15-6-5-9-18-15)10-14-7-8-16(20-3)17(11-14)21-4/h7-8,11,13,15,18H,5-6,9-10,12H2,1-4H3. The summed E-state index contributed by atoms with van der Waals surface area (Å²) in [7, 11) is 5.57. The van der Waals surface area contributed by atoms with Crippen LogP contribution in [-0.2, 0) is 6.42 Å². The molecule has 2 rings (SSSR count). The monoisotopic (exact) mass is 292 g/mol. The first-order valence-electron chi connectivity index (χ1n) is 7.78. The number of hydrogen-bond acceptors (Lipinski definition) is 4. The Morgan fingerprint density at radius 3 is 2.67 bits per heavy atom. The van der Waals surface area contributed by atoms with E-state index in [1.54, 1.807) is 14.2 Å². The maximum atomic E-state index is 5.38. The van der Waals surface area contributed by atoms with Crippen LogP contribution in [0.2, 0.25) is 0 Å². The van der Waals surface area contributed by atoms with E-state index in [4.69, 9.17) is 9.47 Å².